The van der Waals surface area contributed by atoms with Crippen LogP contribution in [0, 0.1) is 5.92 Å². The number of phenolic OH excluding ortho intramolecular Hbond substituents is 2. The van der Waals surface area contributed by atoms with Crippen LogP contribution in [0.15, 0.2) is 18.2 Å². The summed E-state index contributed by atoms with van der Waals surface area (Å²) in [6.07, 6.45) is 1.28. The largest absolute Gasteiger partial charge is 0.508 e. The van der Waals surface area contributed by atoms with Gasteiger partial charge in [-0.2, -0.15) is 11.8 Å². The van der Waals surface area contributed by atoms with Gasteiger partial charge in [0.15, 0.2) is 0 Å². The van der Waals surface area contributed by atoms with Crippen LogP contribution in [0.3, 0.4) is 0 Å². The van der Waals surface area contributed by atoms with Crippen LogP contribution in [0.2, 0.25) is 0 Å². The molecule has 0 bridgehead atoms. The summed E-state index contributed by atoms with van der Waals surface area (Å²) in [5.74, 6) is 3.52. The highest BCUT2D eigenvalue weighted by Gasteiger charge is 2.17. The molecule has 2 atom stereocenters. The predicted octanol–water partition coefficient (Wildman–Crippen LogP) is 2.50. The molecular weight excluding hydrogens is 234 g/mol. The summed E-state index contributed by atoms with van der Waals surface area (Å²) in [5.41, 5.74) is 0.841. The van der Waals surface area contributed by atoms with Gasteiger partial charge < -0.3 is 15.5 Å². The van der Waals surface area contributed by atoms with Crippen LogP contribution < -0.4 is 5.32 Å². The van der Waals surface area contributed by atoms with Gasteiger partial charge >= 0.3 is 0 Å². The minimum atomic E-state index is 0.102. The molecule has 1 aliphatic rings. The summed E-state index contributed by atoms with van der Waals surface area (Å²) in [7, 11) is 0. The summed E-state index contributed by atoms with van der Waals surface area (Å²) >= 11 is 2.01. The summed E-state index contributed by atoms with van der Waals surface area (Å²) in [4.78, 5) is 0. The summed E-state index contributed by atoms with van der Waals surface area (Å²) in [6, 6.07) is 4.88. The first kappa shape index (κ1) is 12.6. The van der Waals surface area contributed by atoms with Gasteiger partial charge in [-0.15, -0.1) is 0 Å². The molecule has 1 aromatic rings. The van der Waals surface area contributed by atoms with Crippen molar-refractivity contribution in [2.24, 2.45) is 5.92 Å². The third kappa shape index (κ3) is 3.30. The van der Waals surface area contributed by atoms with Gasteiger partial charge in [0.1, 0.15) is 11.5 Å². The Balaban J connectivity index is 1.91. The van der Waals surface area contributed by atoms with Crippen molar-refractivity contribution in [3.8, 4) is 11.5 Å². The molecule has 0 amide bonds. The van der Waals surface area contributed by atoms with Crippen molar-refractivity contribution in [3.63, 3.8) is 0 Å². The van der Waals surface area contributed by atoms with E-state index in [-0.39, 0.29) is 17.5 Å². The van der Waals surface area contributed by atoms with E-state index in [1.165, 1.54) is 24.0 Å². The highest BCUT2D eigenvalue weighted by Crippen LogP contribution is 2.28. The minimum absolute atomic E-state index is 0.102. The molecule has 0 spiro atoms. The SMILES string of the molecule is CC(NCC1CCSC1)c1ccc(O)cc1O. The van der Waals surface area contributed by atoms with E-state index < -0.39 is 0 Å². The third-order valence-electron chi connectivity index (χ3n) is 3.22. The van der Waals surface area contributed by atoms with Crippen LogP contribution in [0.1, 0.15) is 24.9 Å². The lowest BCUT2D eigenvalue weighted by Gasteiger charge is -2.18. The van der Waals surface area contributed by atoms with Crippen molar-refractivity contribution in [3.05, 3.63) is 23.8 Å². The third-order valence-corrected chi connectivity index (χ3v) is 4.45. The van der Waals surface area contributed by atoms with Gasteiger partial charge in [-0.1, -0.05) is 6.07 Å². The number of aromatic hydroxyl groups is 2. The van der Waals surface area contributed by atoms with Crippen LogP contribution in [0.25, 0.3) is 0 Å². The van der Waals surface area contributed by atoms with E-state index in [9.17, 15) is 10.2 Å². The maximum Gasteiger partial charge on any atom is 0.124 e. The van der Waals surface area contributed by atoms with Crippen LogP contribution >= 0.6 is 11.8 Å². The first-order valence-corrected chi connectivity index (χ1v) is 7.15. The van der Waals surface area contributed by atoms with Gasteiger partial charge in [-0.25, -0.2) is 0 Å². The Morgan fingerprint density at radius 3 is 2.94 bits per heavy atom. The number of nitrogens with one attached hydrogen (secondary N) is 1. The molecule has 1 aliphatic heterocycles. The number of hydrogen-bond donors (Lipinski definition) is 3. The van der Waals surface area contributed by atoms with Gasteiger partial charge in [-0.3, -0.25) is 0 Å². The normalized spacial score (nSPS) is 21.6. The maximum atomic E-state index is 9.75. The zero-order chi connectivity index (χ0) is 12.3. The molecule has 17 heavy (non-hydrogen) atoms. The maximum absolute atomic E-state index is 9.75. The van der Waals surface area contributed by atoms with Crippen molar-refractivity contribution in [2.75, 3.05) is 18.1 Å². The van der Waals surface area contributed by atoms with Gasteiger partial charge in [0.05, 0.1) is 0 Å². The Morgan fingerprint density at radius 2 is 2.29 bits per heavy atom. The van der Waals surface area contributed by atoms with Gasteiger partial charge in [-0.05, 0) is 43.4 Å². The molecule has 94 valence electrons. The van der Waals surface area contributed by atoms with Gasteiger partial charge in [0, 0.05) is 17.7 Å². The molecule has 3 N–H and O–H groups in total. The zero-order valence-electron chi connectivity index (χ0n) is 10.0. The van der Waals surface area contributed by atoms with Crippen LogP contribution in [-0.4, -0.2) is 28.3 Å². The van der Waals surface area contributed by atoms with Crippen LogP contribution in [0.5, 0.6) is 11.5 Å². The molecule has 2 unspecified atom stereocenters. The molecule has 0 aliphatic carbocycles. The summed E-state index contributed by atoms with van der Waals surface area (Å²) in [5, 5.41) is 22.4. The van der Waals surface area contributed by atoms with E-state index in [0.717, 1.165) is 18.0 Å². The van der Waals surface area contributed by atoms with Crippen LogP contribution in [0.4, 0.5) is 0 Å². The number of phenols is 2. The lowest BCUT2D eigenvalue weighted by Crippen LogP contribution is -2.25. The molecule has 0 aromatic heterocycles. The molecule has 4 heteroatoms. The molecule has 3 nitrogen and oxygen atoms in total. The number of rotatable bonds is 4. The highest BCUT2D eigenvalue weighted by molar-refractivity contribution is 7.99. The second kappa shape index (κ2) is 5.65. The second-order valence-electron chi connectivity index (χ2n) is 4.60. The van der Waals surface area contributed by atoms with Crippen molar-refractivity contribution >= 4 is 11.8 Å². The monoisotopic (exact) mass is 253 g/mol. The van der Waals surface area contributed by atoms with Crippen molar-refractivity contribution in [1.29, 1.82) is 0 Å². The van der Waals surface area contributed by atoms with E-state index in [1.807, 2.05) is 18.7 Å². The standard InChI is InChI=1S/C13H19NO2S/c1-9(14-7-10-4-5-17-8-10)12-3-2-11(15)6-13(12)16/h2-3,6,9-10,14-16H,4-5,7-8H2,1H3. The fourth-order valence-electron chi connectivity index (χ4n) is 2.10. The van der Waals surface area contributed by atoms with E-state index in [2.05, 4.69) is 5.32 Å². The van der Waals surface area contributed by atoms with Gasteiger partial charge in [0.2, 0.25) is 0 Å². The highest BCUT2D eigenvalue weighted by atomic mass is 32.2. The van der Waals surface area contributed by atoms with Crippen molar-refractivity contribution in [2.45, 2.75) is 19.4 Å². The quantitative estimate of drug-likeness (QED) is 0.771. The smallest absolute Gasteiger partial charge is 0.124 e. The fraction of sp³-hybridized carbons (Fsp3) is 0.538. The predicted molar refractivity (Wildman–Crippen MR) is 71.6 cm³/mol. The molecule has 1 aromatic carbocycles. The molecule has 0 saturated carbocycles. The average Bonchev–Trinajstić information content (AvgIpc) is 2.78. The summed E-state index contributed by atoms with van der Waals surface area (Å²) < 4.78 is 0. The lowest BCUT2D eigenvalue weighted by atomic mass is 10.0. The zero-order valence-corrected chi connectivity index (χ0v) is 10.8. The molecular formula is C13H19NO2S. The lowest BCUT2D eigenvalue weighted by molar-refractivity contribution is 0.427. The molecule has 2 rings (SSSR count). The minimum Gasteiger partial charge on any atom is -0.508 e. The average molecular weight is 253 g/mol. The summed E-state index contributed by atoms with van der Waals surface area (Å²) in [6.45, 7) is 3.03. The van der Waals surface area contributed by atoms with E-state index >= 15 is 0 Å². The van der Waals surface area contributed by atoms with E-state index in [0.29, 0.717) is 0 Å². The van der Waals surface area contributed by atoms with Crippen molar-refractivity contribution < 1.29 is 10.2 Å². The Hall–Kier alpha value is -0.870. The molecule has 1 heterocycles. The fourth-order valence-corrected chi connectivity index (χ4v) is 3.38. The molecule has 0 radical (unpaired) electrons. The number of thioether (sulfide) groups is 1. The van der Waals surface area contributed by atoms with E-state index in [1.54, 1.807) is 12.1 Å². The Morgan fingerprint density at radius 1 is 1.47 bits per heavy atom. The van der Waals surface area contributed by atoms with Gasteiger partial charge in [0.25, 0.3) is 0 Å². The van der Waals surface area contributed by atoms with Crippen LogP contribution in [-0.2, 0) is 0 Å². The number of hydrogen-bond acceptors (Lipinski definition) is 4. The van der Waals surface area contributed by atoms with E-state index in [4.69, 9.17) is 0 Å². The molecule has 1 fully saturated rings. The number of benzene rings is 1. The first-order valence-electron chi connectivity index (χ1n) is 6.00. The topological polar surface area (TPSA) is 52.5 Å². The van der Waals surface area contributed by atoms with Crippen molar-refractivity contribution in [1.82, 2.24) is 5.32 Å². The Kier molecular flexibility index (Phi) is 4.18. The molecule has 1 saturated heterocycles. The first-order chi connectivity index (χ1) is 8.16. The second-order valence-corrected chi connectivity index (χ2v) is 5.75. The Bertz CT molecular complexity index is 378. The Labute approximate surface area is 106 Å².